The highest BCUT2D eigenvalue weighted by Crippen LogP contribution is 2.24. The number of nitrogens with one attached hydrogen (secondary N) is 1. The summed E-state index contributed by atoms with van der Waals surface area (Å²) in [4.78, 5) is 27.5. The quantitative estimate of drug-likeness (QED) is 0.677. The number of halogens is 1. The fourth-order valence-electron chi connectivity index (χ4n) is 3.88. The first-order valence-corrected chi connectivity index (χ1v) is 10.3. The summed E-state index contributed by atoms with van der Waals surface area (Å²) in [6.07, 6.45) is 3.58. The van der Waals surface area contributed by atoms with Gasteiger partial charge in [0.1, 0.15) is 5.58 Å². The lowest BCUT2D eigenvalue weighted by molar-refractivity contribution is 0.0897. The van der Waals surface area contributed by atoms with Crippen LogP contribution in [-0.4, -0.2) is 30.4 Å². The van der Waals surface area contributed by atoms with E-state index in [4.69, 9.17) is 16.0 Å². The second-order valence-electron chi connectivity index (χ2n) is 7.35. The molecule has 29 heavy (non-hydrogen) atoms. The van der Waals surface area contributed by atoms with Gasteiger partial charge in [-0.1, -0.05) is 48.4 Å². The molecular weight excluding hydrogens is 388 g/mol. The lowest BCUT2D eigenvalue weighted by Crippen LogP contribution is -2.40. The van der Waals surface area contributed by atoms with Crippen LogP contribution in [0.1, 0.15) is 41.4 Å². The molecule has 3 aromatic rings. The monoisotopic (exact) mass is 410 g/mol. The number of hydrogen-bond donors (Lipinski definition) is 1. The molecule has 150 valence electrons. The second-order valence-corrected chi connectivity index (χ2v) is 7.78. The van der Waals surface area contributed by atoms with E-state index in [1.54, 1.807) is 18.2 Å². The van der Waals surface area contributed by atoms with Crippen LogP contribution in [0.25, 0.3) is 11.0 Å². The van der Waals surface area contributed by atoms with E-state index in [9.17, 15) is 9.59 Å². The number of likely N-dealkylation sites (tertiary alicyclic amines) is 1. The van der Waals surface area contributed by atoms with E-state index < -0.39 is 5.91 Å². The largest absolute Gasteiger partial charge is 0.451 e. The molecule has 2 heterocycles. The molecule has 1 atom stereocenters. The van der Waals surface area contributed by atoms with Crippen molar-refractivity contribution < 1.29 is 9.21 Å². The third kappa shape index (κ3) is 4.52. The molecule has 2 aromatic carbocycles. The van der Waals surface area contributed by atoms with E-state index in [2.05, 4.69) is 22.3 Å². The number of hydrogen-bond acceptors (Lipinski definition) is 4. The van der Waals surface area contributed by atoms with Gasteiger partial charge in [-0.05, 0) is 49.7 Å². The number of fused-ring (bicyclic) bond motifs is 1. The number of piperidine rings is 1. The van der Waals surface area contributed by atoms with Gasteiger partial charge in [0, 0.05) is 17.6 Å². The van der Waals surface area contributed by atoms with Crippen molar-refractivity contribution in [1.29, 1.82) is 0 Å². The molecule has 0 radical (unpaired) electrons. The van der Waals surface area contributed by atoms with Gasteiger partial charge in [0.05, 0.1) is 11.4 Å². The van der Waals surface area contributed by atoms with Crippen LogP contribution in [0, 0.1) is 0 Å². The minimum atomic E-state index is -0.392. The molecule has 1 unspecified atom stereocenters. The molecule has 5 nitrogen and oxygen atoms in total. The summed E-state index contributed by atoms with van der Waals surface area (Å²) in [6, 6.07) is 16.3. The minimum Gasteiger partial charge on any atom is -0.451 e. The third-order valence-corrected chi connectivity index (χ3v) is 5.62. The standard InChI is InChI=1S/C23H23ClN2O3/c24-17-9-10-21-18(13-17)20(27)14-22(29-21)23(28)25-15-19(16-7-3-1-4-8-16)26-11-5-2-6-12-26/h1,3-4,7-10,13-14,19H,2,5-6,11-12,15H2,(H,25,28). The second kappa shape index (κ2) is 8.80. The zero-order chi connectivity index (χ0) is 20.2. The lowest BCUT2D eigenvalue weighted by Gasteiger charge is -2.35. The van der Waals surface area contributed by atoms with Gasteiger partial charge in [0.15, 0.2) is 11.2 Å². The number of amides is 1. The average Bonchev–Trinajstić information content (AvgIpc) is 2.75. The molecule has 1 aliphatic heterocycles. The zero-order valence-electron chi connectivity index (χ0n) is 16.1. The summed E-state index contributed by atoms with van der Waals surface area (Å²) in [5.74, 6) is -0.382. The molecule has 1 aromatic heterocycles. The maximum atomic E-state index is 12.7. The Hall–Kier alpha value is -2.63. The van der Waals surface area contributed by atoms with Gasteiger partial charge in [0.2, 0.25) is 0 Å². The van der Waals surface area contributed by atoms with Gasteiger partial charge < -0.3 is 9.73 Å². The Morgan fingerprint density at radius 2 is 1.83 bits per heavy atom. The Morgan fingerprint density at radius 1 is 1.07 bits per heavy atom. The number of benzene rings is 2. The topological polar surface area (TPSA) is 62.6 Å². The Labute approximate surface area is 174 Å². The molecule has 1 amide bonds. The van der Waals surface area contributed by atoms with Gasteiger partial charge in [-0.15, -0.1) is 0 Å². The van der Waals surface area contributed by atoms with Crippen molar-refractivity contribution in [2.24, 2.45) is 0 Å². The predicted octanol–water partition coefficient (Wildman–Crippen LogP) is 4.40. The highest BCUT2D eigenvalue weighted by molar-refractivity contribution is 6.31. The Kier molecular flexibility index (Phi) is 5.97. The first kappa shape index (κ1) is 19.7. The van der Waals surface area contributed by atoms with Crippen LogP contribution in [-0.2, 0) is 0 Å². The van der Waals surface area contributed by atoms with E-state index >= 15 is 0 Å². The zero-order valence-corrected chi connectivity index (χ0v) is 16.8. The van der Waals surface area contributed by atoms with Crippen molar-refractivity contribution in [3.05, 3.63) is 81.2 Å². The van der Waals surface area contributed by atoms with Gasteiger partial charge >= 0.3 is 0 Å². The van der Waals surface area contributed by atoms with Crippen molar-refractivity contribution in [2.45, 2.75) is 25.3 Å². The summed E-state index contributed by atoms with van der Waals surface area (Å²) < 4.78 is 5.66. The Balaban J connectivity index is 1.54. The Bertz CT molecular complexity index is 1060. The number of rotatable bonds is 5. The van der Waals surface area contributed by atoms with Gasteiger partial charge in [0.25, 0.3) is 5.91 Å². The van der Waals surface area contributed by atoms with Gasteiger partial charge in [-0.2, -0.15) is 0 Å². The van der Waals surface area contributed by atoms with E-state index in [0.717, 1.165) is 13.1 Å². The number of carbonyl (C=O) groups is 1. The maximum Gasteiger partial charge on any atom is 0.287 e. The van der Waals surface area contributed by atoms with Crippen LogP contribution in [0.5, 0.6) is 0 Å². The molecular formula is C23H23ClN2O3. The van der Waals surface area contributed by atoms with Crippen LogP contribution < -0.4 is 10.7 Å². The van der Waals surface area contributed by atoms with Gasteiger partial charge in [-0.3, -0.25) is 14.5 Å². The maximum absolute atomic E-state index is 12.7. The summed E-state index contributed by atoms with van der Waals surface area (Å²) in [5.41, 5.74) is 1.24. The molecule has 0 aliphatic carbocycles. The molecule has 1 saturated heterocycles. The lowest BCUT2D eigenvalue weighted by atomic mass is 10.0. The minimum absolute atomic E-state index is 0.00952. The number of carbonyl (C=O) groups excluding carboxylic acids is 1. The van der Waals surface area contributed by atoms with Crippen LogP contribution in [0.2, 0.25) is 5.02 Å². The molecule has 0 bridgehead atoms. The third-order valence-electron chi connectivity index (χ3n) is 5.38. The van der Waals surface area contributed by atoms with Crippen molar-refractivity contribution in [2.75, 3.05) is 19.6 Å². The van der Waals surface area contributed by atoms with Crippen molar-refractivity contribution in [1.82, 2.24) is 10.2 Å². The van der Waals surface area contributed by atoms with Crippen molar-refractivity contribution in [3.8, 4) is 0 Å². The molecule has 0 saturated carbocycles. The molecule has 1 aliphatic rings. The van der Waals surface area contributed by atoms with Crippen LogP contribution in [0.3, 0.4) is 0 Å². The predicted molar refractivity (Wildman–Crippen MR) is 114 cm³/mol. The Morgan fingerprint density at radius 3 is 2.59 bits per heavy atom. The molecule has 1 N–H and O–H groups in total. The van der Waals surface area contributed by atoms with Crippen molar-refractivity contribution in [3.63, 3.8) is 0 Å². The van der Waals surface area contributed by atoms with E-state index in [-0.39, 0.29) is 17.2 Å². The molecule has 4 rings (SSSR count). The van der Waals surface area contributed by atoms with E-state index in [1.807, 2.05) is 18.2 Å². The van der Waals surface area contributed by atoms with Crippen LogP contribution >= 0.6 is 11.6 Å². The van der Waals surface area contributed by atoms with E-state index in [1.165, 1.54) is 30.9 Å². The first-order chi connectivity index (χ1) is 14.1. The molecule has 6 heteroatoms. The summed E-state index contributed by atoms with van der Waals surface area (Å²) in [6.45, 7) is 2.48. The summed E-state index contributed by atoms with van der Waals surface area (Å²) >= 11 is 5.95. The normalized spacial score (nSPS) is 15.9. The SMILES string of the molecule is O=C(NCC(c1ccccc1)N1CCCCC1)c1cc(=O)c2cc(Cl)ccc2o1. The highest BCUT2D eigenvalue weighted by Gasteiger charge is 2.23. The summed E-state index contributed by atoms with van der Waals surface area (Å²) in [5, 5.41) is 3.78. The van der Waals surface area contributed by atoms with Crippen LogP contribution in [0.15, 0.2) is 63.8 Å². The smallest absolute Gasteiger partial charge is 0.287 e. The number of nitrogens with zero attached hydrogens (tertiary/aromatic N) is 1. The van der Waals surface area contributed by atoms with Crippen LogP contribution in [0.4, 0.5) is 0 Å². The summed E-state index contributed by atoms with van der Waals surface area (Å²) in [7, 11) is 0. The van der Waals surface area contributed by atoms with E-state index in [0.29, 0.717) is 22.5 Å². The first-order valence-electron chi connectivity index (χ1n) is 9.92. The highest BCUT2D eigenvalue weighted by atomic mass is 35.5. The van der Waals surface area contributed by atoms with Gasteiger partial charge in [-0.25, -0.2) is 0 Å². The average molecular weight is 411 g/mol. The van der Waals surface area contributed by atoms with Crippen molar-refractivity contribution >= 4 is 28.5 Å². The molecule has 1 fully saturated rings. The fourth-order valence-corrected chi connectivity index (χ4v) is 4.05. The molecule has 0 spiro atoms. The fraction of sp³-hybridized carbons (Fsp3) is 0.304.